The van der Waals surface area contributed by atoms with E-state index in [0.717, 1.165) is 24.1 Å². The molecule has 88 valence electrons. The van der Waals surface area contributed by atoms with Gasteiger partial charge in [0, 0.05) is 17.8 Å². The Hall–Kier alpha value is -1.19. The van der Waals surface area contributed by atoms with Crippen molar-refractivity contribution in [1.29, 1.82) is 0 Å². The molecule has 17 heavy (non-hydrogen) atoms. The first kappa shape index (κ1) is 10.9. The van der Waals surface area contributed by atoms with Gasteiger partial charge >= 0.3 is 0 Å². The Morgan fingerprint density at radius 3 is 2.71 bits per heavy atom. The second-order valence-electron chi connectivity index (χ2n) is 4.49. The molecular formula is C13H14ClN3. The molecule has 0 saturated carbocycles. The fraction of sp³-hybridized carbons (Fsp3) is 0.385. The van der Waals surface area contributed by atoms with Crippen molar-refractivity contribution in [3.8, 4) is 0 Å². The summed E-state index contributed by atoms with van der Waals surface area (Å²) in [5.41, 5.74) is 2.08. The molecule has 3 rings (SSSR count). The number of aromatic nitrogens is 2. The standard InChI is InChI=1S/C13H14ClN3/c14-12-6-10-5-11(7-16-13(10)17-8-12)9-1-3-15-4-2-9/h5-9,15H,1-4H2. The summed E-state index contributed by atoms with van der Waals surface area (Å²) < 4.78 is 0. The second kappa shape index (κ2) is 4.59. The molecule has 0 radical (unpaired) electrons. The maximum atomic E-state index is 5.96. The summed E-state index contributed by atoms with van der Waals surface area (Å²) >= 11 is 5.96. The lowest BCUT2D eigenvalue weighted by Gasteiger charge is -2.22. The molecule has 2 aromatic heterocycles. The summed E-state index contributed by atoms with van der Waals surface area (Å²) in [6.45, 7) is 2.19. The van der Waals surface area contributed by atoms with E-state index in [0.29, 0.717) is 10.9 Å². The smallest absolute Gasteiger partial charge is 0.159 e. The number of hydrogen-bond donors (Lipinski definition) is 1. The van der Waals surface area contributed by atoms with Crippen LogP contribution in [0, 0.1) is 0 Å². The maximum absolute atomic E-state index is 5.96. The Balaban J connectivity index is 1.99. The molecule has 2 aromatic rings. The lowest BCUT2D eigenvalue weighted by atomic mass is 9.91. The number of nitrogens with zero attached hydrogens (tertiary/aromatic N) is 2. The van der Waals surface area contributed by atoms with Gasteiger partial charge < -0.3 is 5.32 Å². The third-order valence-corrected chi connectivity index (χ3v) is 3.54. The van der Waals surface area contributed by atoms with E-state index in [9.17, 15) is 0 Å². The highest BCUT2D eigenvalue weighted by molar-refractivity contribution is 6.31. The average Bonchev–Trinajstić information content (AvgIpc) is 2.39. The Bertz CT molecular complexity index is 535. The zero-order chi connectivity index (χ0) is 11.7. The highest BCUT2D eigenvalue weighted by Gasteiger charge is 2.15. The minimum absolute atomic E-state index is 0.618. The van der Waals surface area contributed by atoms with Crippen LogP contribution in [-0.2, 0) is 0 Å². The van der Waals surface area contributed by atoms with E-state index in [1.807, 2.05) is 12.3 Å². The molecule has 0 unspecified atom stereocenters. The molecular weight excluding hydrogens is 234 g/mol. The van der Waals surface area contributed by atoms with E-state index in [2.05, 4.69) is 21.4 Å². The van der Waals surface area contributed by atoms with Crippen LogP contribution in [0.5, 0.6) is 0 Å². The lowest BCUT2D eigenvalue weighted by molar-refractivity contribution is 0.460. The number of nitrogens with one attached hydrogen (secondary N) is 1. The largest absolute Gasteiger partial charge is 0.317 e. The zero-order valence-electron chi connectivity index (χ0n) is 9.49. The van der Waals surface area contributed by atoms with Gasteiger partial charge in [0.2, 0.25) is 0 Å². The summed E-state index contributed by atoms with van der Waals surface area (Å²) in [6.07, 6.45) is 5.96. The third-order valence-electron chi connectivity index (χ3n) is 3.33. The first-order chi connectivity index (χ1) is 8.33. The third kappa shape index (κ3) is 2.26. The first-order valence-electron chi connectivity index (χ1n) is 5.95. The van der Waals surface area contributed by atoms with E-state index >= 15 is 0 Å². The van der Waals surface area contributed by atoms with Crippen LogP contribution in [-0.4, -0.2) is 23.1 Å². The van der Waals surface area contributed by atoms with Crippen LogP contribution in [0.3, 0.4) is 0 Å². The van der Waals surface area contributed by atoms with Crippen molar-refractivity contribution in [3.05, 3.63) is 35.1 Å². The van der Waals surface area contributed by atoms with Gasteiger partial charge in [-0.2, -0.15) is 0 Å². The predicted molar refractivity (Wildman–Crippen MR) is 69.4 cm³/mol. The molecule has 3 heterocycles. The van der Waals surface area contributed by atoms with Gasteiger partial charge in [-0.25, -0.2) is 9.97 Å². The van der Waals surface area contributed by atoms with Crippen molar-refractivity contribution < 1.29 is 0 Å². The number of hydrogen-bond acceptors (Lipinski definition) is 3. The van der Waals surface area contributed by atoms with Crippen LogP contribution in [0.15, 0.2) is 24.5 Å². The summed E-state index contributed by atoms with van der Waals surface area (Å²) in [6, 6.07) is 4.11. The molecule has 1 saturated heterocycles. The van der Waals surface area contributed by atoms with E-state index in [-0.39, 0.29) is 0 Å². The predicted octanol–water partition coefficient (Wildman–Crippen LogP) is 2.75. The van der Waals surface area contributed by atoms with Crippen LogP contribution in [0.1, 0.15) is 24.3 Å². The van der Waals surface area contributed by atoms with Gasteiger partial charge in [0.05, 0.1) is 5.02 Å². The molecule has 0 atom stereocenters. The topological polar surface area (TPSA) is 37.8 Å². The molecule has 1 N–H and O–H groups in total. The van der Waals surface area contributed by atoms with Crippen molar-refractivity contribution in [2.45, 2.75) is 18.8 Å². The van der Waals surface area contributed by atoms with Crippen LogP contribution >= 0.6 is 11.6 Å². The van der Waals surface area contributed by atoms with Gasteiger partial charge in [0.1, 0.15) is 0 Å². The Morgan fingerprint density at radius 1 is 1.12 bits per heavy atom. The molecule has 0 aromatic carbocycles. The highest BCUT2D eigenvalue weighted by atomic mass is 35.5. The average molecular weight is 248 g/mol. The normalized spacial score (nSPS) is 17.5. The van der Waals surface area contributed by atoms with Gasteiger partial charge in [0.25, 0.3) is 0 Å². The van der Waals surface area contributed by atoms with Gasteiger partial charge in [-0.15, -0.1) is 0 Å². The fourth-order valence-corrected chi connectivity index (χ4v) is 2.56. The summed E-state index contributed by atoms with van der Waals surface area (Å²) in [4.78, 5) is 8.62. The van der Waals surface area contributed by atoms with Crippen LogP contribution < -0.4 is 5.32 Å². The number of halogens is 1. The Kier molecular flexibility index (Phi) is 2.95. The van der Waals surface area contributed by atoms with E-state index in [4.69, 9.17) is 11.6 Å². The lowest BCUT2D eigenvalue weighted by Crippen LogP contribution is -2.26. The molecule has 0 aliphatic carbocycles. The first-order valence-corrected chi connectivity index (χ1v) is 6.32. The van der Waals surface area contributed by atoms with Crippen molar-refractivity contribution in [2.75, 3.05) is 13.1 Å². The minimum Gasteiger partial charge on any atom is -0.317 e. The highest BCUT2D eigenvalue weighted by Crippen LogP contribution is 2.27. The Labute approximate surface area is 105 Å². The summed E-state index contributed by atoms with van der Waals surface area (Å²) in [7, 11) is 0. The van der Waals surface area contributed by atoms with Crippen molar-refractivity contribution in [3.63, 3.8) is 0 Å². The molecule has 3 nitrogen and oxygen atoms in total. The van der Waals surface area contributed by atoms with Crippen molar-refractivity contribution in [2.24, 2.45) is 0 Å². The van der Waals surface area contributed by atoms with E-state index in [1.165, 1.54) is 18.4 Å². The molecule has 0 bridgehead atoms. The van der Waals surface area contributed by atoms with Gasteiger partial charge in [-0.3, -0.25) is 0 Å². The second-order valence-corrected chi connectivity index (χ2v) is 4.93. The van der Waals surface area contributed by atoms with Crippen molar-refractivity contribution >= 4 is 22.6 Å². The number of pyridine rings is 2. The van der Waals surface area contributed by atoms with Gasteiger partial charge in [0.15, 0.2) is 5.65 Å². The van der Waals surface area contributed by atoms with E-state index < -0.39 is 0 Å². The molecule has 0 spiro atoms. The molecule has 1 aliphatic heterocycles. The quantitative estimate of drug-likeness (QED) is 0.842. The van der Waals surface area contributed by atoms with E-state index in [1.54, 1.807) is 6.20 Å². The van der Waals surface area contributed by atoms with Crippen LogP contribution in [0.25, 0.3) is 11.0 Å². The maximum Gasteiger partial charge on any atom is 0.159 e. The monoisotopic (exact) mass is 247 g/mol. The fourth-order valence-electron chi connectivity index (χ4n) is 2.39. The SMILES string of the molecule is Clc1cnc2ncc(C3CCNCC3)cc2c1. The minimum atomic E-state index is 0.618. The molecule has 1 fully saturated rings. The number of fused-ring (bicyclic) bond motifs is 1. The van der Waals surface area contributed by atoms with Crippen molar-refractivity contribution in [1.82, 2.24) is 15.3 Å². The summed E-state index contributed by atoms with van der Waals surface area (Å²) in [5, 5.41) is 5.08. The van der Waals surface area contributed by atoms with Crippen LogP contribution in [0.4, 0.5) is 0 Å². The molecule has 4 heteroatoms. The zero-order valence-corrected chi connectivity index (χ0v) is 10.2. The van der Waals surface area contributed by atoms with Crippen LogP contribution in [0.2, 0.25) is 5.02 Å². The number of piperidine rings is 1. The molecule has 0 amide bonds. The Morgan fingerprint density at radius 2 is 1.88 bits per heavy atom. The molecule has 1 aliphatic rings. The van der Waals surface area contributed by atoms with Gasteiger partial charge in [-0.1, -0.05) is 11.6 Å². The van der Waals surface area contributed by atoms with Gasteiger partial charge in [-0.05, 0) is 49.5 Å². The summed E-state index contributed by atoms with van der Waals surface area (Å²) in [5.74, 6) is 0.618. The number of rotatable bonds is 1.